The monoisotopic (exact) mass is 266 g/mol. The highest BCUT2D eigenvalue weighted by molar-refractivity contribution is 5.64. The van der Waals surface area contributed by atoms with Gasteiger partial charge in [-0.1, -0.05) is 52.0 Å². The molecule has 0 aromatic rings. The summed E-state index contributed by atoms with van der Waals surface area (Å²) >= 11 is 0. The third kappa shape index (κ3) is 10.5. The van der Waals surface area contributed by atoms with Crippen LogP contribution in [0.2, 0.25) is 0 Å². The van der Waals surface area contributed by atoms with Crippen molar-refractivity contribution in [3.63, 3.8) is 0 Å². The van der Waals surface area contributed by atoms with Crippen LogP contribution < -0.4 is 5.73 Å². The first kappa shape index (κ1) is 17.9. The summed E-state index contributed by atoms with van der Waals surface area (Å²) in [7, 11) is 0. The van der Waals surface area contributed by atoms with E-state index in [0.717, 1.165) is 25.7 Å². The Labute approximate surface area is 118 Å². The van der Waals surface area contributed by atoms with E-state index < -0.39 is 0 Å². The van der Waals surface area contributed by atoms with Crippen molar-refractivity contribution in [1.82, 2.24) is 0 Å². The van der Waals surface area contributed by atoms with Crippen molar-refractivity contribution in [2.24, 2.45) is 22.2 Å². The molecule has 19 heavy (non-hydrogen) atoms. The molecular weight excluding hydrogens is 236 g/mol. The van der Waals surface area contributed by atoms with Gasteiger partial charge in [-0.2, -0.15) is 0 Å². The van der Waals surface area contributed by atoms with Crippen molar-refractivity contribution in [1.29, 1.82) is 0 Å². The third-order valence-electron chi connectivity index (χ3n) is 3.15. The molecule has 0 aromatic heterocycles. The van der Waals surface area contributed by atoms with Gasteiger partial charge < -0.3 is 10.9 Å². The molecule has 0 saturated heterocycles. The number of nitrogens with zero attached hydrogens (tertiary/aromatic N) is 1. The summed E-state index contributed by atoms with van der Waals surface area (Å²) in [5.41, 5.74) is 5.88. The van der Waals surface area contributed by atoms with Crippen molar-refractivity contribution in [2.45, 2.75) is 59.4 Å². The van der Waals surface area contributed by atoms with E-state index in [2.05, 4.69) is 43.3 Å². The molecule has 1 atom stereocenters. The van der Waals surface area contributed by atoms with Gasteiger partial charge in [0.15, 0.2) is 0 Å². The van der Waals surface area contributed by atoms with E-state index in [4.69, 9.17) is 10.9 Å². The van der Waals surface area contributed by atoms with Gasteiger partial charge in [-0.15, -0.1) is 5.16 Å². The standard InChI is InChI=1S/C16H30N2O/c1-14(2)15(17)11-9-7-5-6-8-10-12-16(3,4)13-18-19/h7-10,13-15,19H,5-6,11-12,17H2,1-4H3/b9-7+,10-8+,18-13+. The van der Waals surface area contributed by atoms with Crippen LogP contribution in [0, 0.1) is 11.3 Å². The normalized spacial score (nSPS) is 15.3. The zero-order valence-electron chi connectivity index (χ0n) is 12.8. The van der Waals surface area contributed by atoms with Gasteiger partial charge in [0, 0.05) is 17.7 Å². The minimum atomic E-state index is -0.0782. The molecule has 0 aliphatic heterocycles. The molecule has 3 heteroatoms. The maximum absolute atomic E-state index is 8.51. The predicted octanol–water partition coefficient (Wildman–Crippen LogP) is 4.13. The SMILES string of the molecule is CC(C)C(N)C/C=C/CC/C=C/CC(C)(C)/C=N/O. The molecule has 3 N–H and O–H groups in total. The van der Waals surface area contributed by atoms with Gasteiger partial charge in [0.25, 0.3) is 0 Å². The van der Waals surface area contributed by atoms with E-state index >= 15 is 0 Å². The Bertz CT molecular complexity index is 304. The van der Waals surface area contributed by atoms with E-state index in [9.17, 15) is 0 Å². The number of unbranched alkanes of at least 4 members (excludes halogenated alkanes) is 1. The third-order valence-corrected chi connectivity index (χ3v) is 3.15. The molecule has 0 bridgehead atoms. The smallest absolute Gasteiger partial charge is 0.0495 e. The Morgan fingerprint density at radius 3 is 2.21 bits per heavy atom. The Hall–Kier alpha value is -1.09. The van der Waals surface area contributed by atoms with Crippen molar-refractivity contribution >= 4 is 6.21 Å². The van der Waals surface area contributed by atoms with Crippen LogP contribution in [0.3, 0.4) is 0 Å². The average molecular weight is 266 g/mol. The average Bonchev–Trinajstić information content (AvgIpc) is 2.31. The van der Waals surface area contributed by atoms with E-state index in [1.807, 2.05) is 13.8 Å². The van der Waals surface area contributed by atoms with E-state index in [0.29, 0.717) is 5.92 Å². The van der Waals surface area contributed by atoms with Gasteiger partial charge in [0.2, 0.25) is 0 Å². The van der Waals surface area contributed by atoms with Gasteiger partial charge in [0.05, 0.1) is 0 Å². The molecular formula is C16H30N2O. The lowest BCUT2D eigenvalue weighted by Crippen LogP contribution is -2.25. The molecule has 110 valence electrons. The molecule has 3 nitrogen and oxygen atoms in total. The largest absolute Gasteiger partial charge is 0.411 e. The quantitative estimate of drug-likeness (QED) is 0.217. The van der Waals surface area contributed by atoms with Gasteiger partial charge >= 0.3 is 0 Å². The Morgan fingerprint density at radius 1 is 1.11 bits per heavy atom. The molecule has 0 aliphatic rings. The van der Waals surface area contributed by atoms with Crippen LogP contribution in [-0.2, 0) is 0 Å². The number of hydrogen-bond donors (Lipinski definition) is 2. The zero-order chi connectivity index (χ0) is 14.7. The summed E-state index contributed by atoms with van der Waals surface area (Å²) < 4.78 is 0. The van der Waals surface area contributed by atoms with Crippen molar-refractivity contribution in [3.8, 4) is 0 Å². The van der Waals surface area contributed by atoms with Crippen LogP contribution in [0.4, 0.5) is 0 Å². The summed E-state index contributed by atoms with van der Waals surface area (Å²) in [5, 5.41) is 11.6. The molecule has 0 rings (SSSR count). The minimum absolute atomic E-state index is 0.0782. The van der Waals surface area contributed by atoms with Crippen molar-refractivity contribution < 1.29 is 5.21 Å². The highest BCUT2D eigenvalue weighted by Gasteiger charge is 2.12. The number of rotatable bonds is 9. The fourth-order valence-electron chi connectivity index (χ4n) is 1.55. The lowest BCUT2D eigenvalue weighted by Gasteiger charge is -2.14. The molecule has 1 unspecified atom stereocenters. The fourth-order valence-corrected chi connectivity index (χ4v) is 1.55. The predicted molar refractivity (Wildman–Crippen MR) is 83.6 cm³/mol. The first-order valence-electron chi connectivity index (χ1n) is 7.13. The summed E-state index contributed by atoms with van der Waals surface area (Å²) in [6.45, 7) is 8.39. The Kier molecular flexibility index (Phi) is 9.23. The van der Waals surface area contributed by atoms with Crippen molar-refractivity contribution in [3.05, 3.63) is 24.3 Å². The molecule has 0 fully saturated rings. The van der Waals surface area contributed by atoms with E-state index in [-0.39, 0.29) is 11.5 Å². The lowest BCUT2D eigenvalue weighted by molar-refractivity contribution is 0.313. The number of nitrogens with two attached hydrogens (primary N) is 1. The highest BCUT2D eigenvalue weighted by atomic mass is 16.4. The van der Waals surface area contributed by atoms with E-state index in [1.54, 1.807) is 6.21 Å². The summed E-state index contributed by atoms with van der Waals surface area (Å²) in [6.07, 6.45) is 14.2. The second-order valence-electron chi connectivity index (χ2n) is 6.10. The summed E-state index contributed by atoms with van der Waals surface area (Å²) in [5.74, 6) is 0.542. The van der Waals surface area contributed by atoms with Crippen molar-refractivity contribution in [2.75, 3.05) is 0 Å². The van der Waals surface area contributed by atoms with Gasteiger partial charge in [-0.3, -0.25) is 0 Å². The molecule has 0 amide bonds. The first-order chi connectivity index (χ1) is 8.89. The molecule has 0 saturated carbocycles. The van der Waals surface area contributed by atoms with Crippen LogP contribution >= 0.6 is 0 Å². The minimum Gasteiger partial charge on any atom is -0.411 e. The van der Waals surface area contributed by atoms with Crippen LogP contribution in [0.15, 0.2) is 29.5 Å². The van der Waals surface area contributed by atoms with Crippen LogP contribution in [0.25, 0.3) is 0 Å². The number of oxime groups is 1. The number of allylic oxidation sites excluding steroid dienone is 3. The number of hydrogen-bond acceptors (Lipinski definition) is 3. The van der Waals surface area contributed by atoms with E-state index in [1.165, 1.54) is 0 Å². The molecule has 0 radical (unpaired) electrons. The van der Waals surface area contributed by atoms with Gasteiger partial charge in [-0.05, 0) is 31.6 Å². The Balaban J connectivity index is 3.72. The highest BCUT2D eigenvalue weighted by Crippen LogP contribution is 2.17. The Morgan fingerprint density at radius 2 is 1.68 bits per heavy atom. The molecule has 0 heterocycles. The summed E-state index contributed by atoms with van der Waals surface area (Å²) in [4.78, 5) is 0. The molecule has 0 aliphatic carbocycles. The molecule has 0 aromatic carbocycles. The first-order valence-corrected chi connectivity index (χ1v) is 7.13. The summed E-state index contributed by atoms with van der Waals surface area (Å²) in [6, 6.07) is 0.269. The maximum Gasteiger partial charge on any atom is 0.0495 e. The van der Waals surface area contributed by atoms with Crippen LogP contribution in [0.5, 0.6) is 0 Å². The second kappa shape index (κ2) is 9.79. The zero-order valence-corrected chi connectivity index (χ0v) is 12.8. The fraction of sp³-hybridized carbons (Fsp3) is 0.688. The lowest BCUT2D eigenvalue weighted by atomic mass is 9.91. The van der Waals surface area contributed by atoms with Gasteiger partial charge in [0.1, 0.15) is 0 Å². The molecule has 0 spiro atoms. The second-order valence-corrected chi connectivity index (χ2v) is 6.10. The van der Waals surface area contributed by atoms with Crippen LogP contribution in [0.1, 0.15) is 53.4 Å². The maximum atomic E-state index is 8.51. The topological polar surface area (TPSA) is 58.6 Å². The van der Waals surface area contributed by atoms with Crippen LogP contribution in [-0.4, -0.2) is 17.5 Å². The van der Waals surface area contributed by atoms with Gasteiger partial charge in [-0.25, -0.2) is 0 Å².